The van der Waals surface area contributed by atoms with E-state index < -0.39 is 10.0 Å². The van der Waals surface area contributed by atoms with Gasteiger partial charge in [-0.2, -0.15) is 0 Å². The van der Waals surface area contributed by atoms with Crippen LogP contribution in [0, 0.1) is 12.8 Å². The Balaban J connectivity index is 1.97. The van der Waals surface area contributed by atoms with Crippen molar-refractivity contribution in [1.82, 2.24) is 5.32 Å². The predicted octanol–water partition coefficient (Wildman–Crippen LogP) is 3.68. The van der Waals surface area contributed by atoms with E-state index in [4.69, 9.17) is 0 Å². The molecule has 1 aliphatic heterocycles. The highest BCUT2D eigenvalue weighted by Gasteiger charge is 2.37. The maximum Gasteiger partial charge on any atom is 0.261 e. The van der Waals surface area contributed by atoms with Gasteiger partial charge in [-0.15, -0.1) is 0 Å². The van der Waals surface area contributed by atoms with E-state index in [9.17, 15) is 8.42 Å². The smallest absolute Gasteiger partial charge is 0.261 e. The first kappa shape index (κ1) is 18.0. The minimum atomic E-state index is -3.60. The lowest BCUT2D eigenvalue weighted by Gasteiger charge is -2.41. The van der Waals surface area contributed by atoms with E-state index in [1.165, 1.54) is 0 Å². The lowest BCUT2D eigenvalue weighted by Crippen LogP contribution is -2.45. The minimum Gasteiger partial charge on any atom is -0.316 e. The monoisotopic (exact) mass is 358 g/mol. The average molecular weight is 359 g/mol. The molecular formula is C20H26N2O2S. The van der Waals surface area contributed by atoms with Gasteiger partial charge in [0.25, 0.3) is 10.0 Å². The quantitative estimate of drug-likeness (QED) is 0.876. The highest BCUT2D eigenvalue weighted by Crippen LogP contribution is 2.41. The predicted molar refractivity (Wildman–Crippen MR) is 102 cm³/mol. The molecule has 2 atom stereocenters. The summed E-state index contributed by atoms with van der Waals surface area (Å²) in [6.07, 6.45) is 0.984. The van der Waals surface area contributed by atoms with Crippen molar-refractivity contribution < 1.29 is 8.42 Å². The number of para-hydroxylation sites is 1. The topological polar surface area (TPSA) is 58.2 Å². The van der Waals surface area contributed by atoms with Gasteiger partial charge in [0.1, 0.15) is 0 Å². The van der Waals surface area contributed by atoms with Gasteiger partial charge in [0, 0.05) is 0 Å². The Morgan fingerprint density at radius 2 is 1.80 bits per heavy atom. The molecule has 0 spiro atoms. The summed E-state index contributed by atoms with van der Waals surface area (Å²) < 4.78 is 28.4. The summed E-state index contributed by atoms with van der Waals surface area (Å²) in [5.74, 6) is 0.422. The van der Waals surface area contributed by atoms with Gasteiger partial charge < -0.3 is 5.32 Å². The van der Waals surface area contributed by atoms with Crippen LogP contribution in [-0.2, 0) is 15.4 Å². The lowest BCUT2D eigenvalue weighted by atomic mass is 9.68. The second kappa shape index (κ2) is 6.81. The summed E-state index contributed by atoms with van der Waals surface area (Å²) in [7, 11) is -3.60. The molecule has 0 radical (unpaired) electrons. The molecule has 0 aliphatic carbocycles. The highest BCUT2D eigenvalue weighted by molar-refractivity contribution is 7.92. The summed E-state index contributed by atoms with van der Waals surface area (Å²) in [4.78, 5) is 0.288. The normalized spacial score (nSPS) is 24.0. The lowest BCUT2D eigenvalue weighted by molar-refractivity contribution is 0.239. The molecule has 1 fully saturated rings. The van der Waals surface area contributed by atoms with Crippen LogP contribution in [0.2, 0.25) is 0 Å². The molecule has 0 bridgehead atoms. The number of anilines is 1. The number of sulfonamides is 1. The molecule has 1 unspecified atom stereocenters. The van der Waals surface area contributed by atoms with E-state index in [0.717, 1.165) is 30.6 Å². The standard InChI is InChI=1S/C20H26N2O2S/c1-15-8-10-17(11-9-15)25(23,24)22-19-7-5-4-6-18(19)20(3)12-13-21-14-16(20)2/h4-11,16,21-22H,12-14H2,1-3H3/t16-,20?/m1/s1. The van der Waals surface area contributed by atoms with Crippen molar-refractivity contribution in [1.29, 1.82) is 0 Å². The van der Waals surface area contributed by atoms with Crippen LogP contribution in [0.3, 0.4) is 0 Å². The van der Waals surface area contributed by atoms with Crippen molar-refractivity contribution in [2.24, 2.45) is 5.92 Å². The minimum absolute atomic E-state index is 0.0579. The summed E-state index contributed by atoms with van der Waals surface area (Å²) in [6.45, 7) is 8.28. The molecule has 1 saturated heterocycles. The summed E-state index contributed by atoms with van der Waals surface area (Å²) in [5.41, 5.74) is 2.73. The Morgan fingerprint density at radius 3 is 2.48 bits per heavy atom. The SMILES string of the molecule is Cc1ccc(S(=O)(=O)Nc2ccccc2C2(C)CCNC[C@H]2C)cc1. The number of aryl methyl sites for hydroxylation is 1. The average Bonchev–Trinajstić information content (AvgIpc) is 2.58. The first-order chi connectivity index (χ1) is 11.8. The third-order valence-electron chi connectivity index (χ3n) is 5.48. The van der Waals surface area contributed by atoms with E-state index in [2.05, 4.69) is 30.0 Å². The van der Waals surface area contributed by atoms with Gasteiger partial charge in [0.05, 0.1) is 10.6 Å². The molecule has 134 valence electrons. The number of hydrogen-bond acceptors (Lipinski definition) is 3. The second-order valence-corrected chi connectivity index (χ2v) is 8.92. The number of hydrogen-bond donors (Lipinski definition) is 2. The van der Waals surface area contributed by atoms with Gasteiger partial charge in [-0.25, -0.2) is 8.42 Å². The largest absolute Gasteiger partial charge is 0.316 e. The molecule has 0 saturated carbocycles. The summed E-state index contributed by atoms with van der Waals surface area (Å²) in [6, 6.07) is 14.7. The van der Waals surface area contributed by atoms with E-state index in [-0.39, 0.29) is 10.3 Å². The van der Waals surface area contributed by atoms with Crippen molar-refractivity contribution in [3.63, 3.8) is 0 Å². The number of nitrogens with one attached hydrogen (secondary N) is 2. The number of rotatable bonds is 4. The van der Waals surface area contributed by atoms with Crippen molar-refractivity contribution in [2.75, 3.05) is 17.8 Å². The molecule has 4 nitrogen and oxygen atoms in total. The van der Waals surface area contributed by atoms with E-state index >= 15 is 0 Å². The van der Waals surface area contributed by atoms with E-state index in [1.54, 1.807) is 12.1 Å². The Labute approximate surface area is 150 Å². The molecular weight excluding hydrogens is 332 g/mol. The fourth-order valence-electron chi connectivity index (χ4n) is 3.53. The zero-order valence-electron chi connectivity index (χ0n) is 15.0. The third-order valence-corrected chi connectivity index (χ3v) is 6.86. The van der Waals surface area contributed by atoms with Crippen molar-refractivity contribution in [2.45, 2.75) is 37.5 Å². The summed E-state index contributed by atoms with van der Waals surface area (Å²) in [5, 5.41) is 3.42. The van der Waals surface area contributed by atoms with E-state index in [1.807, 2.05) is 37.3 Å². The van der Waals surface area contributed by atoms with Gasteiger partial charge in [-0.1, -0.05) is 49.7 Å². The van der Waals surface area contributed by atoms with Crippen LogP contribution in [0.15, 0.2) is 53.4 Å². The van der Waals surface area contributed by atoms with Gasteiger partial charge in [0.15, 0.2) is 0 Å². The number of benzene rings is 2. The molecule has 2 aromatic rings. The molecule has 5 heteroatoms. The first-order valence-electron chi connectivity index (χ1n) is 8.73. The van der Waals surface area contributed by atoms with Crippen LogP contribution in [0.25, 0.3) is 0 Å². The van der Waals surface area contributed by atoms with Crippen LogP contribution in [0.1, 0.15) is 31.4 Å². The van der Waals surface area contributed by atoms with Crippen LogP contribution >= 0.6 is 0 Å². The van der Waals surface area contributed by atoms with Crippen LogP contribution in [0.5, 0.6) is 0 Å². The molecule has 1 aliphatic rings. The fraction of sp³-hybridized carbons (Fsp3) is 0.400. The molecule has 0 aromatic heterocycles. The van der Waals surface area contributed by atoms with E-state index in [0.29, 0.717) is 11.6 Å². The van der Waals surface area contributed by atoms with Crippen LogP contribution < -0.4 is 10.0 Å². The molecule has 2 N–H and O–H groups in total. The first-order valence-corrected chi connectivity index (χ1v) is 10.2. The van der Waals surface area contributed by atoms with Crippen molar-refractivity contribution in [3.05, 3.63) is 59.7 Å². The highest BCUT2D eigenvalue weighted by atomic mass is 32.2. The maximum absolute atomic E-state index is 12.8. The molecule has 2 aromatic carbocycles. The Morgan fingerprint density at radius 1 is 1.12 bits per heavy atom. The maximum atomic E-state index is 12.8. The van der Waals surface area contributed by atoms with Gasteiger partial charge in [-0.05, 0) is 61.5 Å². The molecule has 1 heterocycles. The zero-order chi connectivity index (χ0) is 18.1. The fourth-order valence-corrected chi connectivity index (χ4v) is 4.61. The molecule has 25 heavy (non-hydrogen) atoms. The zero-order valence-corrected chi connectivity index (χ0v) is 15.9. The molecule has 0 amide bonds. The Bertz CT molecular complexity index is 846. The Hall–Kier alpha value is -1.85. The second-order valence-electron chi connectivity index (χ2n) is 7.24. The van der Waals surface area contributed by atoms with Gasteiger partial charge in [-0.3, -0.25) is 4.72 Å². The third kappa shape index (κ3) is 3.58. The van der Waals surface area contributed by atoms with Gasteiger partial charge >= 0.3 is 0 Å². The molecule has 3 rings (SSSR count). The number of piperidine rings is 1. The van der Waals surface area contributed by atoms with Crippen molar-refractivity contribution in [3.8, 4) is 0 Å². The van der Waals surface area contributed by atoms with Crippen LogP contribution in [-0.4, -0.2) is 21.5 Å². The summed E-state index contributed by atoms with van der Waals surface area (Å²) >= 11 is 0. The van der Waals surface area contributed by atoms with Crippen molar-refractivity contribution >= 4 is 15.7 Å². The van der Waals surface area contributed by atoms with Crippen LogP contribution in [0.4, 0.5) is 5.69 Å². The Kier molecular flexibility index (Phi) is 4.89. The van der Waals surface area contributed by atoms with Gasteiger partial charge in [0.2, 0.25) is 0 Å².